The van der Waals surface area contributed by atoms with Crippen LogP contribution in [-0.4, -0.2) is 26.2 Å². The van der Waals surface area contributed by atoms with Crippen LogP contribution in [0.3, 0.4) is 0 Å². The molecule has 0 spiro atoms. The van der Waals surface area contributed by atoms with Gasteiger partial charge in [-0.3, -0.25) is 4.68 Å². The molecule has 0 amide bonds. The Balaban J connectivity index is 1.97. The largest absolute Gasteiger partial charge is 0.393 e. The molecule has 0 saturated heterocycles. The number of aryl methyl sites for hydroxylation is 1. The van der Waals surface area contributed by atoms with E-state index in [-0.39, 0.29) is 6.10 Å². The molecule has 1 fully saturated rings. The van der Waals surface area contributed by atoms with Crippen LogP contribution in [0, 0.1) is 5.92 Å². The first kappa shape index (κ1) is 8.69. The maximum Gasteiger partial charge on any atom is 0.0830 e. The van der Waals surface area contributed by atoms with Crippen LogP contribution < -0.4 is 0 Å². The molecule has 1 aromatic rings. The van der Waals surface area contributed by atoms with Gasteiger partial charge in [0.15, 0.2) is 0 Å². The lowest BCUT2D eigenvalue weighted by molar-refractivity contribution is 0.132. The molecule has 1 saturated carbocycles. The minimum absolute atomic E-state index is 0.123. The summed E-state index contributed by atoms with van der Waals surface area (Å²) in [5.41, 5.74) is 0.994. The van der Waals surface area contributed by atoms with Crippen molar-refractivity contribution in [3.63, 3.8) is 0 Å². The second kappa shape index (κ2) is 3.46. The third kappa shape index (κ3) is 1.88. The predicted octanol–water partition coefficient (Wildman–Crippen LogP) is 0.519. The number of aromatic nitrogens is 3. The van der Waals surface area contributed by atoms with Crippen molar-refractivity contribution in [1.82, 2.24) is 15.0 Å². The lowest BCUT2D eigenvalue weighted by Gasteiger charge is -2.11. The third-order valence-corrected chi connectivity index (χ3v) is 2.74. The Labute approximate surface area is 77.6 Å². The summed E-state index contributed by atoms with van der Waals surface area (Å²) in [6.45, 7) is 0. The van der Waals surface area contributed by atoms with Crippen LogP contribution in [0.2, 0.25) is 0 Å². The second-order valence-electron chi connectivity index (χ2n) is 3.85. The molecule has 4 nitrogen and oxygen atoms in total. The molecule has 1 N–H and O–H groups in total. The monoisotopic (exact) mass is 181 g/mol. The van der Waals surface area contributed by atoms with Crippen molar-refractivity contribution >= 4 is 0 Å². The van der Waals surface area contributed by atoms with Gasteiger partial charge in [0.05, 0.1) is 11.8 Å². The Morgan fingerprint density at radius 1 is 1.62 bits per heavy atom. The van der Waals surface area contributed by atoms with E-state index in [4.69, 9.17) is 0 Å². The summed E-state index contributed by atoms with van der Waals surface area (Å²) in [5, 5.41) is 17.5. The highest BCUT2D eigenvalue weighted by molar-refractivity contribution is 4.96. The van der Waals surface area contributed by atoms with Gasteiger partial charge in [0, 0.05) is 13.2 Å². The standard InChI is InChI=1S/C9H15N3O/c1-12-6-8(10-11-12)5-7-3-2-4-9(7)13/h6-7,9,13H,2-5H2,1H3. The molecule has 2 atom stereocenters. The Bertz CT molecular complexity index is 284. The van der Waals surface area contributed by atoms with Gasteiger partial charge in [0.2, 0.25) is 0 Å². The number of hydrogen-bond donors (Lipinski definition) is 1. The van der Waals surface area contributed by atoms with Crippen LogP contribution in [0.25, 0.3) is 0 Å². The first-order valence-electron chi connectivity index (χ1n) is 4.79. The van der Waals surface area contributed by atoms with Crippen molar-refractivity contribution in [2.45, 2.75) is 31.8 Å². The van der Waals surface area contributed by atoms with Gasteiger partial charge in [-0.25, -0.2) is 0 Å². The van der Waals surface area contributed by atoms with E-state index in [9.17, 15) is 5.11 Å². The van der Waals surface area contributed by atoms with Crippen LogP contribution in [0.15, 0.2) is 6.20 Å². The second-order valence-corrected chi connectivity index (χ2v) is 3.85. The summed E-state index contributed by atoms with van der Waals surface area (Å²) in [6, 6.07) is 0. The summed E-state index contributed by atoms with van der Waals surface area (Å²) in [6.07, 6.45) is 5.89. The van der Waals surface area contributed by atoms with Crippen LogP contribution in [0.5, 0.6) is 0 Å². The first-order valence-corrected chi connectivity index (χ1v) is 4.79. The molecular formula is C9H15N3O. The molecule has 0 bridgehead atoms. The van der Waals surface area contributed by atoms with Crippen molar-refractivity contribution in [2.24, 2.45) is 13.0 Å². The van der Waals surface area contributed by atoms with E-state index in [1.807, 2.05) is 13.2 Å². The van der Waals surface area contributed by atoms with Gasteiger partial charge < -0.3 is 5.11 Å². The van der Waals surface area contributed by atoms with Gasteiger partial charge in [0.25, 0.3) is 0 Å². The highest BCUT2D eigenvalue weighted by Gasteiger charge is 2.25. The topological polar surface area (TPSA) is 50.9 Å². The molecular weight excluding hydrogens is 166 g/mol. The molecule has 4 heteroatoms. The lowest BCUT2D eigenvalue weighted by atomic mass is 10.0. The Morgan fingerprint density at radius 3 is 3.00 bits per heavy atom. The summed E-state index contributed by atoms with van der Waals surface area (Å²) in [4.78, 5) is 0. The number of aliphatic hydroxyl groups excluding tert-OH is 1. The zero-order valence-corrected chi connectivity index (χ0v) is 7.85. The third-order valence-electron chi connectivity index (χ3n) is 2.74. The quantitative estimate of drug-likeness (QED) is 0.723. The maximum absolute atomic E-state index is 9.60. The SMILES string of the molecule is Cn1cc(CC2CCCC2O)nn1. The van der Waals surface area contributed by atoms with Gasteiger partial charge in [-0.05, 0) is 25.2 Å². The van der Waals surface area contributed by atoms with Gasteiger partial charge in [0.1, 0.15) is 0 Å². The average molecular weight is 181 g/mol. The Kier molecular flexibility index (Phi) is 2.31. The smallest absolute Gasteiger partial charge is 0.0830 e. The highest BCUT2D eigenvalue weighted by atomic mass is 16.3. The van der Waals surface area contributed by atoms with Gasteiger partial charge >= 0.3 is 0 Å². The Hall–Kier alpha value is -0.900. The summed E-state index contributed by atoms with van der Waals surface area (Å²) < 4.78 is 1.71. The van der Waals surface area contributed by atoms with E-state index in [1.165, 1.54) is 0 Å². The zero-order valence-electron chi connectivity index (χ0n) is 7.85. The maximum atomic E-state index is 9.60. The molecule has 1 heterocycles. The molecule has 0 radical (unpaired) electrons. The molecule has 0 aliphatic heterocycles. The lowest BCUT2D eigenvalue weighted by Crippen LogP contribution is -2.15. The summed E-state index contributed by atoms with van der Waals surface area (Å²) in [5.74, 6) is 0.400. The van der Waals surface area contributed by atoms with E-state index in [0.717, 1.165) is 31.4 Å². The van der Waals surface area contributed by atoms with E-state index in [0.29, 0.717) is 5.92 Å². The minimum Gasteiger partial charge on any atom is -0.393 e. The Morgan fingerprint density at radius 2 is 2.46 bits per heavy atom. The van der Waals surface area contributed by atoms with Crippen LogP contribution in [0.1, 0.15) is 25.0 Å². The highest BCUT2D eigenvalue weighted by Crippen LogP contribution is 2.27. The average Bonchev–Trinajstić information content (AvgIpc) is 2.64. The molecule has 1 aromatic heterocycles. The molecule has 72 valence electrons. The van der Waals surface area contributed by atoms with Crippen molar-refractivity contribution in [1.29, 1.82) is 0 Å². The van der Waals surface area contributed by atoms with E-state index in [1.54, 1.807) is 4.68 Å². The molecule has 1 aliphatic rings. The van der Waals surface area contributed by atoms with Gasteiger partial charge in [-0.1, -0.05) is 11.6 Å². The van der Waals surface area contributed by atoms with Crippen molar-refractivity contribution < 1.29 is 5.11 Å². The van der Waals surface area contributed by atoms with Crippen molar-refractivity contribution in [2.75, 3.05) is 0 Å². The minimum atomic E-state index is -0.123. The van der Waals surface area contributed by atoms with Crippen LogP contribution in [0.4, 0.5) is 0 Å². The van der Waals surface area contributed by atoms with E-state index < -0.39 is 0 Å². The molecule has 0 aromatic carbocycles. The fourth-order valence-corrected chi connectivity index (χ4v) is 2.01. The molecule has 2 unspecified atom stereocenters. The number of nitrogens with zero attached hydrogens (tertiary/aromatic N) is 3. The number of aliphatic hydroxyl groups is 1. The van der Waals surface area contributed by atoms with Gasteiger partial charge in [-0.2, -0.15) is 0 Å². The molecule has 1 aliphatic carbocycles. The number of hydrogen-bond acceptors (Lipinski definition) is 3. The number of rotatable bonds is 2. The van der Waals surface area contributed by atoms with Crippen LogP contribution >= 0.6 is 0 Å². The summed E-state index contributed by atoms with van der Waals surface area (Å²) in [7, 11) is 1.86. The van der Waals surface area contributed by atoms with Gasteiger partial charge in [-0.15, -0.1) is 5.10 Å². The molecule has 13 heavy (non-hydrogen) atoms. The van der Waals surface area contributed by atoms with Crippen molar-refractivity contribution in [3.05, 3.63) is 11.9 Å². The molecule has 2 rings (SSSR count). The fraction of sp³-hybridized carbons (Fsp3) is 0.778. The van der Waals surface area contributed by atoms with E-state index in [2.05, 4.69) is 10.3 Å². The zero-order chi connectivity index (χ0) is 9.26. The first-order chi connectivity index (χ1) is 6.25. The van der Waals surface area contributed by atoms with Crippen LogP contribution in [-0.2, 0) is 13.5 Å². The fourth-order valence-electron chi connectivity index (χ4n) is 2.01. The van der Waals surface area contributed by atoms with Crippen molar-refractivity contribution in [3.8, 4) is 0 Å². The van der Waals surface area contributed by atoms with E-state index >= 15 is 0 Å². The summed E-state index contributed by atoms with van der Waals surface area (Å²) >= 11 is 0. The normalized spacial score (nSPS) is 28.2. The predicted molar refractivity (Wildman–Crippen MR) is 48.1 cm³/mol.